The standard InChI is InChI=1S/C26H30N2O3/c1-4-5-7-19-9-11-20(12-10-19)26(29)28-17-16-27-15-6-8-22(27)25(28)21-13-14-23(30-2)24(18-21)31-3/h6,8-15,18,25H,4-5,7,16-17H2,1-3H3. The third-order valence-corrected chi connectivity index (χ3v) is 6.04. The van der Waals surface area contributed by atoms with Crippen LogP contribution in [0.25, 0.3) is 0 Å². The van der Waals surface area contributed by atoms with Crippen molar-refractivity contribution in [3.63, 3.8) is 0 Å². The monoisotopic (exact) mass is 418 g/mol. The first kappa shape index (κ1) is 21.0. The smallest absolute Gasteiger partial charge is 0.254 e. The van der Waals surface area contributed by atoms with Crippen LogP contribution in [0.5, 0.6) is 11.5 Å². The van der Waals surface area contributed by atoms with Crippen LogP contribution in [0.2, 0.25) is 0 Å². The number of unbranched alkanes of at least 4 members (excludes halogenated alkanes) is 1. The van der Waals surface area contributed by atoms with E-state index < -0.39 is 0 Å². The normalized spacial score (nSPS) is 15.5. The molecule has 1 aliphatic heterocycles. The molecule has 3 aromatic rings. The number of aromatic nitrogens is 1. The molecule has 5 nitrogen and oxygen atoms in total. The van der Waals surface area contributed by atoms with Crippen LogP contribution in [-0.4, -0.2) is 36.1 Å². The van der Waals surface area contributed by atoms with Gasteiger partial charge < -0.3 is 18.9 Å². The van der Waals surface area contributed by atoms with Crippen LogP contribution in [0.3, 0.4) is 0 Å². The number of rotatable bonds is 7. The lowest BCUT2D eigenvalue weighted by atomic mass is 9.98. The molecule has 1 unspecified atom stereocenters. The van der Waals surface area contributed by atoms with Crippen molar-refractivity contribution >= 4 is 5.91 Å². The van der Waals surface area contributed by atoms with Gasteiger partial charge in [0.25, 0.3) is 5.91 Å². The highest BCUT2D eigenvalue weighted by Gasteiger charge is 2.33. The summed E-state index contributed by atoms with van der Waals surface area (Å²) < 4.78 is 13.2. The maximum atomic E-state index is 13.6. The largest absolute Gasteiger partial charge is 0.493 e. The molecule has 0 saturated carbocycles. The molecule has 162 valence electrons. The summed E-state index contributed by atoms with van der Waals surface area (Å²) in [5, 5.41) is 0. The Morgan fingerprint density at radius 1 is 1.00 bits per heavy atom. The lowest BCUT2D eigenvalue weighted by Gasteiger charge is -2.37. The van der Waals surface area contributed by atoms with E-state index in [9.17, 15) is 4.79 Å². The van der Waals surface area contributed by atoms with Gasteiger partial charge in [-0.3, -0.25) is 4.79 Å². The molecule has 0 radical (unpaired) electrons. The van der Waals surface area contributed by atoms with Gasteiger partial charge in [0, 0.05) is 30.5 Å². The molecule has 2 heterocycles. The first-order chi connectivity index (χ1) is 15.2. The number of hydrogen-bond acceptors (Lipinski definition) is 3. The summed E-state index contributed by atoms with van der Waals surface area (Å²) in [7, 11) is 3.26. The van der Waals surface area contributed by atoms with Crippen LogP contribution < -0.4 is 9.47 Å². The number of carbonyl (C=O) groups excluding carboxylic acids is 1. The highest BCUT2D eigenvalue weighted by Crippen LogP contribution is 2.37. The average molecular weight is 419 g/mol. The van der Waals surface area contributed by atoms with E-state index in [-0.39, 0.29) is 11.9 Å². The van der Waals surface area contributed by atoms with Crippen molar-refractivity contribution in [3.8, 4) is 11.5 Å². The second-order valence-corrected chi connectivity index (χ2v) is 7.94. The SMILES string of the molecule is CCCCc1ccc(C(=O)N2CCn3cccc3C2c2ccc(OC)c(OC)c2)cc1. The number of ether oxygens (including phenoxy) is 2. The van der Waals surface area contributed by atoms with Crippen molar-refractivity contribution in [1.82, 2.24) is 9.47 Å². The van der Waals surface area contributed by atoms with Crippen molar-refractivity contribution in [1.29, 1.82) is 0 Å². The lowest BCUT2D eigenvalue weighted by molar-refractivity contribution is 0.0664. The van der Waals surface area contributed by atoms with Gasteiger partial charge in [0.1, 0.15) is 0 Å². The number of benzene rings is 2. The van der Waals surface area contributed by atoms with E-state index in [1.807, 2.05) is 41.3 Å². The number of aryl methyl sites for hydroxylation is 1. The van der Waals surface area contributed by atoms with Gasteiger partial charge in [0.2, 0.25) is 0 Å². The second-order valence-electron chi connectivity index (χ2n) is 7.94. The van der Waals surface area contributed by atoms with Crippen LogP contribution >= 0.6 is 0 Å². The van der Waals surface area contributed by atoms with Gasteiger partial charge in [0.05, 0.1) is 20.3 Å². The van der Waals surface area contributed by atoms with Crippen LogP contribution in [-0.2, 0) is 13.0 Å². The molecule has 31 heavy (non-hydrogen) atoms. The fraction of sp³-hybridized carbons (Fsp3) is 0.346. The fourth-order valence-electron chi connectivity index (χ4n) is 4.34. The van der Waals surface area contributed by atoms with E-state index in [0.29, 0.717) is 18.0 Å². The van der Waals surface area contributed by atoms with E-state index in [2.05, 4.69) is 35.9 Å². The molecule has 0 aliphatic carbocycles. The van der Waals surface area contributed by atoms with Crippen LogP contribution in [0.15, 0.2) is 60.8 Å². The highest BCUT2D eigenvalue weighted by atomic mass is 16.5. The zero-order valence-corrected chi connectivity index (χ0v) is 18.5. The summed E-state index contributed by atoms with van der Waals surface area (Å²) in [6, 6.07) is 17.9. The first-order valence-corrected chi connectivity index (χ1v) is 10.9. The minimum atomic E-state index is -0.184. The fourth-order valence-corrected chi connectivity index (χ4v) is 4.34. The second kappa shape index (κ2) is 9.29. The van der Waals surface area contributed by atoms with Crippen molar-refractivity contribution in [3.05, 3.63) is 83.2 Å². The Labute approximate surface area is 184 Å². The van der Waals surface area contributed by atoms with E-state index in [4.69, 9.17) is 9.47 Å². The molecule has 0 spiro atoms. The van der Waals surface area contributed by atoms with Crippen LogP contribution in [0.4, 0.5) is 0 Å². The van der Waals surface area contributed by atoms with Crippen LogP contribution in [0, 0.1) is 0 Å². The Hall–Kier alpha value is -3.21. The summed E-state index contributed by atoms with van der Waals surface area (Å²) in [4.78, 5) is 15.5. The topological polar surface area (TPSA) is 43.7 Å². The average Bonchev–Trinajstić information content (AvgIpc) is 3.30. The third-order valence-electron chi connectivity index (χ3n) is 6.04. The number of amides is 1. The summed E-state index contributed by atoms with van der Waals surface area (Å²) in [5.74, 6) is 1.39. The maximum absolute atomic E-state index is 13.6. The van der Waals surface area contributed by atoms with Gasteiger partial charge in [-0.15, -0.1) is 0 Å². The van der Waals surface area contributed by atoms with E-state index in [0.717, 1.165) is 36.2 Å². The molecule has 1 aromatic heterocycles. The van der Waals surface area contributed by atoms with Crippen molar-refractivity contribution < 1.29 is 14.3 Å². The van der Waals surface area contributed by atoms with E-state index >= 15 is 0 Å². The quantitative estimate of drug-likeness (QED) is 0.537. The molecule has 0 fully saturated rings. The molecule has 0 bridgehead atoms. The van der Waals surface area contributed by atoms with Gasteiger partial charge >= 0.3 is 0 Å². The Balaban J connectivity index is 1.68. The zero-order chi connectivity index (χ0) is 21.8. The molecule has 1 amide bonds. The van der Waals surface area contributed by atoms with Crippen molar-refractivity contribution in [2.45, 2.75) is 38.8 Å². The number of nitrogens with zero attached hydrogens (tertiary/aromatic N) is 2. The lowest BCUT2D eigenvalue weighted by Crippen LogP contribution is -2.42. The van der Waals surface area contributed by atoms with E-state index in [1.165, 1.54) is 12.0 Å². The number of hydrogen-bond donors (Lipinski definition) is 0. The number of carbonyl (C=O) groups is 1. The van der Waals surface area contributed by atoms with Gasteiger partial charge in [-0.2, -0.15) is 0 Å². The van der Waals surface area contributed by atoms with Crippen LogP contribution in [0.1, 0.15) is 53.0 Å². The van der Waals surface area contributed by atoms with Crippen molar-refractivity contribution in [2.24, 2.45) is 0 Å². The molecule has 1 aliphatic rings. The molecule has 5 heteroatoms. The maximum Gasteiger partial charge on any atom is 0.254 e. The van der Waals surface area contributed by atoms with Crippen molar-refractivity contribution in [2.75, 3.05) is 20.8 Å². The summed E-state index contributed by atoms with van der Waals surface area (Å²) in [6.45, 7) is 3.63. The number of methoxy groups -OCH3 is 2. The Morgan fingerprint density at radius 3 is 2.48 bits per heavy atom. The molecular formula is C26H30N2O3. The highest BCUT2D eigenvalue weighted by molar-refractivity contribution is 5.95. The van der Waals surface area contributed by atoms with Gasteiger partial charge in [-0.05, 0) is 60.4 Å². The van der Waals surface area contributed by atoms with Gasteiger partial charge in [-0.25, -0.2) is 0 Å². The minimum Gasteiger partial charge on any atom is -0.493 e. The first-order valence-electron chi connectivity index (χ1n) is 10.9. The number of fused-ring (bicyclic) bond motifs is 1. The summed E-state index contributed by atoms with van der Waals surface area (Å²) >= 11 is 0. The van der Waals surface area contributed by atoms with Gasteiger partial charge in [0.15, 0.2) is 11.5 Å². The Kier molecular flexibility index (Phi) is 6.31. The Bertz CT molecular complexity index is 1040. The molecule has 1 atom stereocenters. The molecule has 0 saturated heterocycles. The predicted molar refractivity (Wildman–Crippen MR) is 122 cm³/mol. The third kappa shape index (κ3) is 4.18. The predicted octanol–water partition coefficient (Wildman–Crippen LogP) is 5.09. The molecule has 2 aromatic carbocycles. The molecular weight excluding hydrogens is 388 g/mol. The molecule has 4 rings (SSSR count). The van der Waals surface area contributed by atoms with Gasteiger partial charge in [-0.1, -0.05) is 31.5 Å². The summed E-state index contributed by atoms with van der Waals surface area (Å²) in [6.07, 6.45) is 5.46. The van der Waals surface area contributed by atoms with E-state index in [1.54, 1.807) is 14.2 Å². The minimum absolute atomic E-state index is 0.0503. The summed E-state index contributed by atoms with van der Waals surface area (Å²) in [5.41, 5.74) is 4.12. The Morgan fingerprint density at radius 2 is 1.77 bits per heavy atom. The zero-order valence-electron chi connectivity index (χ0n) is 18.5. The molecule has 0 N–H and O–H groups in total.